The van der Waals surface area contributed by atoms with Crippen molar-refractivity contribution in [3.8, 4) is 0 Å². The normalized spacial score (nSPS) is 12.9. The van der Waals surface area contributed by atoms with Crippen LogP contribution in [0.2, 0.25) is 0 Å². The summed E-state index contributed by atoms with van der Waals surface area (Å²) in [5.74, 6) is 0. The van der Waals surface area contributed by atoms with Gasteiger partial charge in [-0.2, -0.15) is 0 Å². The molecule has 1 atom stereocenters. The predicted molar refractivity (Wildman–Crippen MR) is 72.1 cm³/mol. The van der Waals surface area contributed by atoms with Crippen LogP contribution in [0.1, 0.15) is 39.3 Å². The molecule has 1 rings (SSSR count). The average Bonchev–Trinajstić information content (AvgIpc) is 2.28. The number of hydrogen-bond donors (Lipinski definition) is 1. The zero-order valence-corrected chi connectivity index (χ0v) is 11.1. The molecule has 0 saturated heterocycles. The van der Waals surface area contributed by atoms with Gasteiger partial charge < -0.3 is 10.2 Å². The number of hydrogen-bond acceptors (Lipinski definition) is 2. The molecule has 0 fully saturated rings. The zero-order valence-electron chi connectivity index (χ0n) is 11.1. The van der Waals surface area contributed by atoms with Gasteiger partial charge in [-0.25, -0.2) is 0 Å². The molecule has 16 heavy (non-hydrogen) atoms. The Hall–Kier alpha value is -1.02. The molecule has 0 saturated carbocycles. The Morgan fingerprint density at radius 2 is 1.69 bits per heavy atom. The molecule has 90 valence electrons. The molecule has 0 radical (unpaired) electrons. The molecule has 2 heteroatoms. The third-order valence-electron chi connectivity index (χ3n) is 3.09. The summed E-state index contributed by atoms with van der Waals surface area (Å²) in [6.07, 6.45) is 0. The molecule has 0 amide bonds. The third-order valence-corrected chi connectivity index (χ3v) is 3.09. The lowest BCUT2D eigenvalue weighted by atomic mass is 10.1. The van der Waals surface area contributed by atoms with Crippen LogP contribution < -0.4 is 10.2 Å². The standard InChI is InChI=1S/C14H24N2/c1-6-15-12(4)13-7-9-14(10-8-13)16(5)11(2)3/h7-12,15H,6H2,1-5H3. The zero-order chi connectivity index (χ0) is 12.1. The highest BCUT2D eigenvalue weighted by Gasteiger charge is 2.06. The summed E-state index contributed by atoms with van der Waals surface area (Å²) in [6.45, 7) is 9.75. The molecular formula is C14H24N2. The van der Waals surface area contributed by atoms with E-state index in [-0.39, 0.29) is 0 Å². The van der Waals surface area contributed by atoms with Gasteiger partial charge in [-0.3, -0.25) is 0 Å². The van der Waals surface area contributed by atoms with E-state index in [2.05, 4.69) is 69.2 Å². The molecule has 1 unspecified atom stereocenters. The Balaban J connectivity index is 2.74. The van der Waals surface area contributed by atoms with Crippen LogP contribution in [0.5, 0.6) is 0 Å². The first-order valence-corrected chi connectivity index (χ1v) is 6.12. The van der Waals surface area contributed by atoms with Gasteiger partial charge in [0.15, 0.2) is 0 Å². The monoisotopic (exact) mass is 220 g/mol. The quantitative estimate of drug-likeness (QED) is 0.819. The van der Waals surface area contributed by atoms with Crippen molar-refractivity contribution in [1.29, 1.82) is 0 Å². The minimum atomic E-state index is 0.434. The van der Waals surface area contributed by atoms with E-state index < -0.39 is 0 Å². The van der Waals surface area contributed by atoms with E-state index in [0.29, 0.717) is 12.1 Å². The molecule has 2 nitrogen and oxygen atoms in total. The van der Waals surface area contributed by atoms with Gasteiger partial charge in [0.2, 0.25) is 0 Å². The summed E-state index contributed by atoms with van der Waals surface area (Å²) in [5, 5.41) is 3.42. The molecule has 0 aliphatic carbocycles. The molecule has 0 heterocycles. The summed E-state index contributed by atoms with van der Waals surface area (Å²) in [5.41, 5.74) is 2.63. The van der Waals surface area contributed by atoms with E-state index in [1.807, 2.05) is 0 Å². The number of nitrogens with zero attached hydrogens (tertiary/aromatic N) is 1. The van der Waals surface area contributed by atoms with Gasteiger partial charge in [0.05, 0.1) is 0 Å². The number of benzene rings is 1. The van der Waals surface area contributed by atoms with Crippen LogP contribution in [0.25, 0.3) is 0 Å². The fourth-order valence-corrected chi connectivity index (χ4v) is 1.72. The maximum Gasteiger partial charge on any atom is 0.0366 e. The van der Waals surface area contributed by atoms with Crippen molar-refractivity contribution >= 4 is 5.69 Å². The topological polar surface area (TPSA) is 15.3 Å². The third kappa shape index (κ3) is 3.24. The summed E-state index contributed by atoms with van der Waals surface area (Å²) in [4.78, 5) is 2.28. The maximum absolute atomic E-state index is 3.42. The number of anilines is 1. The molecule has 0 spiro atoms. The van der Waals surface area contributed by atoms with Crippen molar-refractivity contribution in [2.45, 2.75) is 39.8 Å². The molecule has 0 aromatic heterocycles. The van der Waals surface area contributed by atoms with Crippen LogP contribution in [0.4, 0.5) is 5.69 Å². The first kappa shape index (κ1) is 13.0. The molecule has 0 aliphatic rings. The van der Waals surface area contributed by atoms with Crippen LogP contribution in [0.3, 0.4) is 0 Å². The van der Waals surface area contributed by atoms with E-state index >= 15 is 0 Å². The van der Waals surface area contributed by atoms with E-state index in [1.165, 1.54) is 11.3 Å². The minimum absolute atomic E-state index is 0.434. The van der Waals surface area contributed by atoms with E-state index in [9.17, 15) is 0 Å². The molecule has 0 aliphatic heterocycles. The minimum Gasteiger partial charge on any atom is -0.372 e. The van der Waals surface area contributed by atoms with Gasteiger partial charge in [0.1, 0.15) is 0 Å². The van der Waals surface area contributed by atoms with Crippen molar-refractivity contribution in [3.05, 3.63) is 29.8 Å². The Morgan fingerprint density at radius 3 is 2.12 bits per heavy atom. The van der Waals surface area contributed by atoms with E-state index in [4.69, 9.17) is 0 Å². The predicted octanol–water partition coefficient (Wildman–Crippen LogP) is 3.20. The Kier molecular flexibility index (Phi) is 4.81. The van der Waals surface area contributed by atoms with Crippen LogP contribution in [-0.2, 0) is 0 Å². The second kappa shape index (κ2) is 5.90. The molecular weight excluding hydrogens is 196 g/mol. The number of nitrogens with one attached hydrogen (secondary N) is 1. The highest BCUT2D eigenvalue weighted by Crippen LogP contribution is 2.19. The van der Waals surface area contributed by atoms with Gasteiger partial charge in [-0.1, -0.05) is 19.1 Å². The maximum atomic E-state index is 3.42. The first-order chi connectivity index (χ1) is 7.56. The van der Waals surface area contributed by atoms with Gasteiger partial charge in [0, 0.05) is 24.8 Å². The summed E-state index contributed by atoms with van der Waals surface area (Å²) in [7, 11) is 2.13. The van der Waals surface area contributed by atoms with Crippen molar-refractivity contribution in [3.63, 3.8) is 0 Å². The van der Waals surface area contributed by atoms with Crippen LogP contribution >= 0.6 is 0 Å². The molecule has 1 aromatic carbocycles. The van der Waals surface area contributed by atoms with Crippen molar-refractivity contribution < 1.29 is 0 Å². The lowest BCUT2D eigenvalue weighted by Gasteiger charge is -2.24. The molecule has 1 N–H and O–H groups in total. The average molecular weight is 220 g/mol. The van der Waals surface area contributed by atoms with Crippen molar-refractivity contribution in [2.75, 3.05) is 18.5 Å². The summed E-state index contributed by atoms with van der Waals surface area (Å²) >= 11 is 0. The lowest BCUT2D eigenvalue weighted by molar-refractivity contribution is 0.598. The van der Waals surface area contributed by atoms with Gasteiger partial charge in [-0.05, 0) is 45.0 Å². The van der Waals surface area contributed by atoms with Crippen LogP contribution in [0.15, 0.2) is 24.3 Å². The van der Waals surface area contributed by atoms with Crippen LogP contribution in [-0.4, -0.2) is 19.6 Å². The fraction of sp³-hybridized carbons (Fsp3) is 0.571. The highest BCUT2D eigenvalue weighted by atomic mass is 15.1. The largest absolute Gasteiger partial charge is 0.372 e. The smallest absolute Gasteiger partial charge is 0.0366 e. The second-order valence-electron chi connectivity index (χ2n) is 4.58. The molecule has 0 bridgehead atoms. The second-order valence-corrected chi connectivity index (χ2v) is 4.58. The van der Waals surface area contributed by atoms with Crippen molar-refractivity contribution in [1.82, 2.24) is 5.32 Å². The fourth-order valence-electron chi connectivity index (χ4n) is 1.72. The molecule has 1 aromatic rings. The Morgan fingerprint density at radius 1 is 1.12 bits per heavy atom. The number of rotatable bonds is 5. The van der Waals surface area contributed by atoms with Crippen molar-refractivity contribution in [2.24, 2.45) is 0 Å². The van der Waals surface area contributed by atoms with Crippen LogP contribution in [0, 0.1) is 0 Å². The highest BCUT2D eigenvalue weighted by molar-refractivity contribution is 5.47. The van der Waals surface area contributed by atoms with Gasteiger partial charge in [0.25, 0.3) is 0 Å². The van der Waals surface area contributed by atoms with Gasteiger partial charge >= 0.3 is 0 Å². The van der Waals surface area contributed by atoms with Gasteiger partial charge in [-0.15, -0.1) is 0 Å². The summed E-state index contributed by atoms with van der Waals surface area (Å²) in [6, 6.07) is 9.79. The van der Waals surface area contributed by atoms with E-state index in [0.717, 1.165) is 6.54 Å². The Labute approximate surface area is 99.7 Å². The SMILES string of the molecule is CCNC(C)c1ccc(N(C)C(C)C)cc1. The summed E-state index contributed by atoms with van der Waals surface area (Å²) < 4.78 is 0. The first-order valence-electron chi connectivity index (χ1n) is 6.12. The lowest BCUT2D eigenvalue weighted by Crippen LogP contribution is -2.25. The van der Waals surface area contributed by atoms with E-state index in [1.54, 1.807) is 0 Å². The Bertz CT molecular complexity index is 303.